The van der Waals surface area contributed by atoms with E-state index in [-0.39, 0.29) is 24.9 Å². The molecule has 0 unspecified atom stereocenters. The third-order valence-electron chi connectivity index (χ3n) is 5.46. The molecule has 0 aromatic heterocycles. The molecule has 0 saturated carbocycles. The zero-order chi connectivity index (χ0) is 21.7. The second-order valence-electron chi connectivity index (χ2n) is 7.54. The average Bonchev–Trinajstić information content (AvgIpc) is 3.05. The summed E-state index contributed by atoms with van der Waals surface area (Å²) in [6, 6.07) is 15.8. The quantitative estimate of drug-likeness (QED) is 0.332. The summed E-state index contributed by atoms with van der Waals surface area (Å²) in [6.07, 6.45) is 0.814. The highest BCUT2D eigenvalue weighted by atomic mass is 16.5. The second-order valence-corrected chi connectivity index (χ2v) is 7.54. The van der Waals surface area contributed by atoms with Gasteiger partial charge in [-0.15, -0.1) is 0 Å². The largest absolute Gasteiger partial charge is 0.479 e. The van der Waals surface area contributed by atoms with Crippen molar-refractivity contribution in [3.63, 3.8) is 0 Å². The Bertz CT molecular complexity index is 913. The van der Waals surface area contributed by atoms with Crippen LogP contribution in [-0.4, -0.2) is 41.6 Å². The molecular formula is C23H26N2O5. The average molecular weight is 410 g/mol. The van der Waals surface area contributed by atoms with Crippen LogP contribution in [-0.2, 0) is 19.1 Å². The number of hydrogen-bond donors (Lipinski definition) is 3. The highest BCUT2D eigenvalue weighted by Gasteiger charge is 2.44. The van der Waals surface area contributed by atoms with Gasteiger partial charge in [0.25, 0.3) is 0 Å². The van der Waals surface area contributed by atoms with Gasteiger partial charge >= 0.3 is 11.9 Å². The number of amides is 1. The Balaban J connectivity index is 1.67. The molecule has 2 aromatic rings. The fourth-order valence-electron chi connectivity index (χ4n) is 3.82. The number of benzene rings is 2. The van der Waals surface area contributed by atoms with Crippen LogP contribution in [0.4, 0.5) is 0 Å². The predicted octanol–water partition coefficient (Wildman–Crippen LogP) is 2.43. The van der Waals surface area contributed by atoms with E-state index in [4.69, 9.17) is 10.5 Å². The zero-order valence-electron chi connectivity index (χ0n) is 16.9. The van der Waals surface area contributed by atoms with E-state index in [0.717, 1.165) is 22.3 Å². The molecule has 7 heteroatoms. The van der Waals surface area contributed by atoms with Crippen LogP contribution in [0.3, 0.4) is 0 Å². The minimum Gasteiger partial charge on any atom is -0.479 e. The van der Waals surface area contributed by atoms with E-state index in [9.17, 15) is 19.5 Å². The Hall–Kier alpha value is -3.19. The summed E-state index contributed by atoms with van der Waals surface area (Å²) >= 11 is 0. The number of rotatable bonds is 9. The summed E-state index contributed by atoms with van der Waals surface area (Å²) < 4.78 is 5.45. The fraction of sp³-hybridized carbons (Fsp3) is 0.348. The maximum atomic E-state index is 12.7. The van der Waals surface area contributed by atoms with Crippen molar-refractivity contribution in [1.82, 2.24) is 5.32 Å². The lowest BCUT2D eigenvalue weighted by molar-refractivity contribution is -0.161. The first-order valence-electron chi connectivity index (χ1n) is 9.96. The Kier molecular flexibility index (Phi) is 6.52. The number of nitrogens with one attached hydrogen (secondary N) is 1. The minimum atomic E-state index is -2.12. The van der Waals surface area contributed by atoms with Crippen LogP contribution in [0.2, 0.25) is 0 Å². The van der Waals surface area contributed by atoms with Crippen LogP contribution in [0.25, 0.3) is 11.1 Å². The molecule has 3 rings (SSSR count). The molecule has 0 aliphatic heterocycles. The highest BCUT2D eigenvalue weighted by Crippen LogP contribution is 2.44. The summed E-state index contributed by atoms with van der Waals surface area (Å²) in [5, 5.41) is 12.2. The molecule has 4 N–H and O–H groups in total. The third-order valence-corrected chi connectivity index (χ3v) is 5.46. The molecule has 2 aromatic carbocycles. The van der Waals surface area contributed by atoms with Crippen molar-refractivity contribution >= 4 is 17.8 Å². The Morgan fingerprint density at radius 1 is 1.03 bits per heavy atom. The van der Waals surface area contributed by atoms with Crippen LogP contribution in [0.1, 0.15) is 43.2 Å². The number of aliphatic carboxylic acids is 1. The van der Waals surface area contributed by atoms with Gasteiger partial charge in [0.15, 0.2) is 0 Å². The topological polar surface area (TPSA) is 119 Å². The van der Waals surface area contributed by atoms with Crippen LogP contribution >= 0.6 is 0 Å². The number of carboxylic acid groups (broad SMARTS) is 1. The molecule has 0 spiro atoms. The summed E-state index contributed by atoms with van der Waals surface area (Å²) in [5.41, 5.74) is 8.08. The first-order valence-corrected chi connectivity index (χ1v) is 9.96. The van der Waals surface area contributed by atoms with Crippen molar-refractivity contribution in [1.29, 1.82) is 0 Å². The van der Waals surface area contributed by atoms with Gasteiger partial charge in [-0.2, -0.15) is 0 Å². The normalized spacial score (nSPS) is 14.3. The number of fused-ring (bicyclic) bond motifs is 3. The molecule has 0 fully saturated rings. The fourth-order valence-corrected chi connectivity index (χ4v) is 3.82. The van der Waals surface area contributed by atoms with Gasteiger partial charge in [-0.25, -0.2) is 9.59 Å². The van der Waals surface area contributed by atoms with Gasteiger partial charge in [0, 0.05) is 19.4 Å². The molecule has 0 radical (unpaired) electrons. The van der Waals surface area contributed by atoms with Crippen LogP contribution in [0.5, 0.6) is 0 Å². The van der Waals surface area contributed by atoms with E-state index in [1.807, 2.05) is 48.5 Å². The standard InChI is InChI=1S/C23H26N2O5/c1-15(26)25-13-7-6-12-23(24,21(27)28)22(29)30-14-20-18-10-4-2-8-16(18)17-9-3-5-11-19(17)20/h2-5,8-11,20H,6-7,12-14,24H2,1H3,(H,25,26)(H,27,28)/t23-/m1/s1. The number of nitrogens with two attached hydrogens (primary N) is 1. The van der Waals surface area contributed by atoms with Gasteiger partial charge < -0.3 is 20.9 Å². The zero-order valence-corrected chi connectivity index (χ0v) is 16.9. The minimum absolute atomic E-state index is 0.0188. The molecule has 0 saturated heterocycles. The van der Waals surface area contributed by atoms with Gasteiger partial charge in [0.05, 0.1) is 0 Å². The lowest BCUT2D eigenvalue weighted by Crippen LogP contribution is -2.56. The lowest BCUT2D eigenvalue weighted by atomic mass is 9.93. The SMILES string of the molecule is CC(=O)NCCCC[C@@](N)(C(=O)O)C(=O)OCC1c2ccccc2-c2ccccc21. The Labute approximate surface area is 175 Å². The van der Waals surface area contributed by atoms with E-state index in [0.29, 0.717) is 19.4 Å². The van der Waals surface area contributed by atoms with E-state index in [2.05, 4.69) is 5.32 Å². The van der Waals surface area contributed by atoms with Crippen molar-refractivity contribution in [2.75, 3.05) is 13.2 Å². The molecule has 0 bridgehead atoms. The molecule has 1 atom stereocenters. The monoisotopic (exact) mass is 410 g/mol. The number of unbranched alkanes of at least 4 members (excludes halogenated alkanes) is 1. The molecule has 1 aliphatic rings. The Morgan fingerprint density at radius 3 is 2.13 bits per heavy atom. The van der Waals surface area contributed by atoms with Gasteiger partial charge in [-0.1, -0.05) is 48.5 Å². The van der Waals surface area contributed by atoms with Crippen LogP contribution in [0, 0.1) is 0 Å². The van der Waals surface area contributed by atoms with Crippen molar-refractivity contribution in [3.05, 3.63) is 59.7 Å². The maximum Gasteiger partial charge on any atom is 0.337 e. The maximum absolute atomic E-state index is 12.7. The number of hydrogen-bond acceptors (Lipinski definition) is 5. The number of carbonyl (C=O) groups is 3. The molecule has 1 aliphatic carbocycles. The second kappa shape index (κ2) is 9.09. The first-order chi connectivity index (χ1) is 14.3. The van der Waals surface area contributed by atoms with Crippen molar-refractivity contribution < 1.29 is 24.2 Å². The first kappa shape index (κ1) is 21.5. The van der Waals surface area contributed by atoms with E-state index >= 15 is 0 Å². The molecular weight excluding hydrogens is 384 g/mol. The van der Waals surface area contributed by atoms with Gasteiger partial charge in [0.2, 0.25) is 11.4 Å². The number of esters is 1. The van der Waals surface area contributed by atoms with Crippen molar-refractivity contribution in [2.24, 2.45) is 5.73 Å². The van der Waals surface area contributed by atoms with Crippen LogP contribution in [0.15, 0.2) is 48.5 Å². The molecule has 30 heavy (non-hydrogen) atoms. The molecule has 1 amide bonds. The summed E-state index contributed by atoms with van der Waals surface area (Å²) in [5.74, 6) is -2.70. The van der Waals surface area contributed by atoms with E-state index in [1.54, 1.807) is 0 Å². The van der Waals surface area contributed by atoms with E-state index < -0.39 is 17.5 Å². The molecule has 0 heterocycles. The highest BCUT2D eigenvalue weighted by molar-refractivity contribution is 6.03. The molecule has 158 valence electrons. The Morgan fingerprint density at radius 2 is 1.60 bits per heavy atom. The predicted molar refractivity (Wildman–Crippen MR) is 112 cm³/mol. The number of carboxylic acids is 1. The van der Waals surface area contributed by atoms with Crippen molar-refractivity contribution in [3.8, 4) is 11.1 Å². The van der Waals surface area contributed by atoms with Gasteiger partial charge in [-0.05, 0) is 41.5 Å². The summed E-state index contributed by atoms with van der Waals surface area (Å²) in [6.45, 7) is 1.82. The molecule has 7 nitrogen and oxygen atoms in total. The smallest absolute Gasteiger partial charge is 0.337 e. The van der Waals surface area contributed by atoms with Crippen LogP contribution < -0.4 is 11.1 Å². The van der Waals surface area contributed by atoms with Gasteiger partial charge in [0.1, 0.15) is 6.61 Å². The van der Waals surface area contributed by atoms with Gasteiger partial charge in [-0.3, -0.25) is 4.79 Å². The van der Waals surface area contributed by atoms with Crippen molar-refractivity contribution in [2.45, 2.75) is 37.6 Å². The third kappa shape index (κ3) is 4.36. The van der Waals surface area contributed by atoms with E-state index in [1.165, 1.54) is 6.92 Å². The lowest BCUT2D eigenvalue weighted by Gasteiger charge is -2.24. The summed E-state index contributed by atoms with van der Waals surface area (Å²) in [4.78, 5) is 35.3. The summed E-state index contributed by atoms with van der Waals surface area (Å²) in [7, 11) is 0. The number of carbonyl (C=O) groups excluding carboxylic acids is 2. The number of ether oxygens (including phenoxy) is 1.